The van der Waals surface area contributed by atoms with Gasteiger partial charge in [-0.25, -0.2) is 4.98 Å². The summed E-state index contributed by atoms with van der Waals surface area (Å²) in [7, 11) is 5.98. The van der Waals surface area contributed by atoms with Gasteiger partial charge in [-0.15, -0.1) is 0 Å². The van der Waals surface area contributed by atoms with E-state index in [-0.39, 0.29) is 11.6 Å². The predicted molar refractivity (Wildman–Crippen MR) is 74.0 cm³/mol. The third-order valence-electron chi connectivity index (χ3n) is 3.71. The number of likely N-dealkylation sites (N-methyl/N-ethyl adjacent to an activating group) is 1. The summed E-state index contributed by atoms with van der Waals surface area (Å²) >= 11 is 0. The second-order valence-corrected chi connectivity index (χ2v) is 5.33. The van der Waals surface area contributed by atoms with E-state index in [1.165, 1.54) is 5.56 Å². The highest BCUT2D eigenvalue weighted by atomic mass is 16.5. The lowest BCUT2D eigenvalue weighted by molar-refractivity contribution is -0.0105. The molecule has 1 saturated heterocycles. The summed E-state index contributed by atoms with van der Waals surface area (Å²) < 4.78 is 5.92. The lowest BCUT2D eigenvalue weighted by Crippen LogP contribution is -2.39. The lowest BCUT2D eigenvalue weighted by Gasteiger charge is -2.33. The van der Waals surface area contributed by atoms with E-state index in [0.717, 1.165) is 25.3 Å². The second-order valence-electron chi connectivity index (χ2n) is 5.33. The minimum Gasteiger partial charge on any atom is -0.373 e. The third-order valence-corrected chi connectivity index (χ3v) is 3.71. The maximum atomic E-state index is 5.92. The van der Waals surface area contributed by atoms with Crippen molar-refractivity contribution in [3.8, 4) is 0 Å². The highest BCUT2D eigenvalue weighted by molar-refractivity contribution is 5.38. The van der Waals surface area contributed by atoms with Gasteiger partial charge in [0.15, 0.2) is 0 Å². The van der Waals surface area contributed by atoms with Gasteiger partial charge in [0, 0.05) is 26.9 Å². The van der Waals surface area contributed by atoms with Crippen LogP contribution in [0.3, 0.4) is 0 Å². The number of anilines is 1. The van der Waals surface area contributed by atoms with Gasteiger partial charge in [0.1, 0.15) is 5.82 Å². The van der Waals surface area contributed by atoms with Gasteiger partial charge in [0.25, 0.3) is 0 Å². The van der Waals surface area contributed by atoms with Crippen molar-refractivity contribution < 1.29 is 4.74 Å². The fraction of sp³-hybridized carbons (Fsp3) is 0.643. The van der Waals surface area contributed by atoms with Crippen LogP contribution in [0.2, 0.25) is 0 Å². The summed E-state index contributed by atoms with van der Waals surface area (Å²) in [5.74, 6) is 0.978. The zero-order valence-corrected chi connectivity index (χ0v) is 11.7. The summed E-state index contributed by atoms with van der Waals surface area (Å²) in [6.07, 6.45) is 4.18. The fourth-order valence-electron chi connectivity index (χ4n) is 2.69. The Balaban J connectivity index is 2.22. The van der Waals surface area contributed by atoms with Gasteiger partial charge >= 0.3 is 0 Å². The molecular weight excluding hydrogens is 226 g/mol. The number of ether oxygens (including phenoxy) is 1. The Morgan fingerprint density at radius 3 is 2.67 bits per heavy atom. The summed E-state index contributed by atoms with van der Waals surface area (Å²) in [5.41, 5.74) is 1.07. The minimum atomic E-state index is -0.115. The first-order valence-corrected chi connectivity index (χ1v) is 6.51. The van der Waals surface area contributed by atoms with E-state index in [9.17, 15) is 0 Å². The van der Waals surface area contributed by atoms with Crippen molar-refractivity contribution in [2.75, 3.05) is 32.6 Å². The highest BCUT2D eigenvalue weighted by Crippen LogP contribution is 2.37. The molecule has 2 rings (SSSR count). The van der Waals surface area contributed by atoms with Crippen LogP contribution in [0.5, 0.6) is 0 Å². The molecule has 0 radical (unpaired) electrons. The summed E-state index contributed by atoms with van der Waals surface area (Å²) in [4.78, 5) is 6.49. The number of hydrogen-bond acceptors (Lipinski definition) is 4. The number of nitrogens with one attached hydrogen (secondary N) is 1. The van der Waals surface area contributed by atoms with Gasteiger partial charge in [0.2, 0.25) is 0 Å². The number of pyridine rings is 1. The van der Waals surface area contributed by atoms with Crippen LogP contribution in [0.15, 0.2) is 18.3 Å². The SMILES string of the molecule is CNC(c1ccc(N(C)C)nc1)C1(C)CCCO1. The van der Waals surface area contributed by atoms with Crippen LogP contribution in [0.4, 0.5) is 5.82 Å². The van der Waals surface area contributed by atoms with E-state index < -0.39 is 0 Å². The van der Waals surface area contributed by atoms with Crippen LogP contribution >= 0.6 is 0 Å². The standard InChI is InChI=1S/C14H23N3O/c1-14(8-5-9-18-14)13(15-2)11-6-7-12(16-10-11)17(3)4/h6-7,10,13,15H,5,8-9H2,1-4H3. The molecule has 4 heteroatoms. The second kappa shape index (κ2) is 5.24. The Kier molecular flexibility index (Phi) is 3.88. The van der Waals surface area contributed by atoms with Gasteiger partial charge in [-0.3, -0.25) is 0 Å². The molecule has 18 heavy (non-hydrogen) atoms. The molecule has 0 amide bonds. The van der Waals surface area contributed by atoms with E-state index >= 15 is 0 Å². The third kappa shape index (κ3) is 2.49. The van der Waals surface area contributed by atoms with Crippen LogP contribution in [-0.4, -0.2) is 38.3 Å². The fourth-order valence-corrected chi connectivity index (χ4v) is 2.69. The Morgan fingerprint density at radius 2 is 2.22 bits per heavy atom. The molecule has 0 spiro atoms. The van der Waals surface area contributed by atoms with Gasteiger partial charge < -0.3 is 15.0 Å². The first-order chi connectivity index (χ1) is 8.57. The molecule has 4 nitrogen and oxygen atoms in total. The van der Waals surface area contributed by atoms with E-state index in [2.05, 4.69) is 29.4 Å². The molecule has 0 aliphatic carbocycles. The molecule has 1 N–H and O–H groups in total. The largest absolute Gasteiger partial charge is 0.373 e. The topological polar surface area (TPSA) is 37.4 Å². The van der Waals surface area contributed by atoms with Crippen LogP contribution < -0.4 is 10.2 Å². The van der Waals surface area contributed by atoms with Crippen molar-refractivity contribution in [3.63, 3.8) is 0 Å². The van der Waals surface area contributed by atoms with Gasteiger partial charge in [-0.1, -0.05) is 6.07 Å². The first kappa shape index (κ1) is 13.3. The molecule has 2 atom stereocenters. The molecule has 0 saturated carbocycles. The quantitative estimate of drug-likeness (QED) is 0.885. The Hall–Kier alpha value is -1.13. The average Bonchev–Trinajstić information content (AvgIpc) is 2.78. The zero-order chi connectivity index (χ0) is 13.2. The number of rotatable bonds is 4. The van der Waals surface area contributed by atoms with Crippen molar-refractivity contribution in [2.24, 2.45) is 0 Å². The number of aromatic nitrogens is 1. The van der Waals surface area contributed by atoms with Crippen LogP contribution in [-0.2, 0) is 4.74 Å². The van der Waals surface area contributed by atoms with Crippen molar-refractivity contribution in [1.29, 1.82) is 0 Å². The Labute approximate surface area is 109 Å². The molecular formula is C14H23N3O. The molecule has 2 unspecified atom stereocenters. The maximum Gasteiger partial charge on any atom is 0.127 e. The van der Waals surface area contributed by atoms with Crippen molar-refractivity contribution in [3.05, 3.63) is 23.9 Å². The van der Waals surface area contributed by atoms with E-state index in [0.29, 0.717) is 0 Å². The summed E-state index contributed by atoms with van der Waals surface area (Å²) in [6, 6.07) is 4.39. The average molecular weight is 249 g/mol. The summed E-state index contributed by atoms with van der Waals surface area (Å²) in [5, 5.41) is 3.37. The molecule has 0 aromatic carbocycles. The Morgan fingerprint density at radius 1 is 1.44 bits per heavy atom. The molecule has 1 aliphatic rings. The number of nitrogens with zero attached hydrogens (tertiary/aromatic N) is 2. The number of hydrogen-bond donors (Lipinski definition) is 1. The molecule has 1 aliphatic heterocycles. The molecule has 100 valence electrons. The van der Waals surface area contributed by atoms with E-state index in [1.807, 2.05) is 32.2 Å². The Bertz CT molecular complexity index is 383. The molecule has 0 bridgehead atoms. The monoisotopic (exact) mass is 249 g/mol. The van der Waals surface area contributed by atoms with Crippen LogP contribution in [0.25, 0.3) is 0 Å². The molecule has 1 aromatic heterocycles. The van der Waals surface area contributed by atoms with Crippen molar-refractivity contribution in [2.45, 2.75) is 31.4 Å². The lowest BCUT2D eigenvalue weighted by atomic mass is 9.88. The predicted octanol–water partition coefficient (Wildman–Crippen LogP) is 1.98. The zero-order valence-electron chi connectivity index (χ0n) is 11.7. The van der Waals surface area contributed by atoms with E-state index in [4.69, 9.17) is 4.74 Å². The van der Waals surface area contributed by atoms with Crippen LogP contribution in [0.1, 0.15) is 31.4 Å². The highest BCUT2D eigenvalue weighted by Gasteiger charge is 2.38. The van der Waals surface area contributed by atoms with Crippen LogP contribution in [0, 0.1) is 0 Å². The molecule has 1 aromatic rings. The van der Waals surface area contributed by atoms with Gasteiger partial charge in [-0.05, 0) is 38.4 Å². The smallest absolute Gasteiger partial charge is 0.127 e. The first-order valence-electron chi connectivity index (χ1n) is 6.51. The van der Waals surface area contributed by atoms with E-state index in [1.54, 1.807) is 0 Å². The van der Waals surface area contributed by atoms with Crippen molar-refractivity contribution >= 4 is 5.82 Å². The minimum absolute atomic E-state index is 0.115. The molecule has 1 fully saturated rings. The van der Waals surface area contributed by atoms with Gasteiger partial charge in [0.05, 0.1) is 11.6 Å². The van der Waals surface area contributed by atoms with Crippen molar-refractivity contribution in [1.82, 2.24) is 10.3 Å². The molecule has 2 heterocycles. The normalized spacial score (nSPS) is 25.1. The maximum absolute atomic E-state index is 5.92. The summed E-state index contributed by atoms with van der Waals surface area (Å²) in [6.45, 7) is 3.04. The van der Waals surface area contributed by atoms with Gasteiger partial charge in [-0.2, -0.15) is 0 Å².